The third-order valence-electron chi connectivity index (χ3n) is 5.61. The Hall–Kier alpha value is -3.04. The molecule has 0 atom stereocenters. The molecule has 0 spiro atoms. The molecule has 1 aliphatic rings. The van der Waals surface area contributed by atoms with Gasteiger partial charge in [-0.1, -0.05) is 11.3 Å². The Morgan fingerprint density at radius 2 is 1.94 bits per heavy atom. The maximum Gasteiger partial charge on any atom is 0.190 e. The average Bonchev–Trinajstić information content (AvgIpc) is 3.35. The second-order valence-corrected chi connectivity index (χ2v) is 8.95. The van der Waals surface area contributed by atoms with E-state index < -0.39 is 0 Å². The first-order chi connectivity index (χ1) is 15.1. The molecule has 0 saturated heterocycles. The predicted molar refractivity (Wildman–Crippen MR) is 123 cm³/mol. The van der Waals surface area contributed by atoms with Crippen molar-refractivity contribution in [1.82, 2.24) is 24.5 Å². The third kappa shape index (κ3) is 4.67. The highest BCUT2D eigenvalue weighted by Crippen LogP contribution is 2.28. The molecule has 1 fully saturated rings. The van der Waals surface area contributed by atoms with Gasteiger partial charge < -0.3 is 20.3 Å². The van der Waals surface area contributed by atoms with E-state index in [1.54, 1.807) is 6.20 Å². The van der Waals surface area contributed by atoms with Crippen LogP contribution in [-0.4, -0.2) is 41.8 Å². The molecule has 1 saturated carbocycles. The van der Waals surface area contributed by atoms with Crippen LogP contribution >= 0.6 is 11.3 Å². The predicted octanol–water partition coefficient (Wildman–Crippen LogP) is 4.10. The molecule has 0 aromatic carbocycles. The molecule has 0 unspecified atom stereocenters. The maximum atomic E-state index is 9.80. The Morgan fingerprint density at radius 1 is 1.10 bits per heavy atom. The number of fused-ring (bicyclic) bond motifs is 1. The molecule has 0 bridgehead atoms. The summed E-state index contributed by atoms with van der Waals surface area (Å²) >= 11 is 1.51. The van der Waals surface area contributed by atoms with Gasteiger partial charge in [-0.25, -0.2) is 19.9 Å². The number of hydrogen-bond donors (Lipinski definition) is 3. The van der Waals surface area contributed by atoms with Crippen LogP contribution in [0.15, 0.2) is 42.9 Å². The number of anilines is 3. The number of aryl methyl sites for hydroxylation is 1. The molecule has 3 N–H and O–H groups in total. The lowest BCUT2D eigenvalue weighted by atomic mass is 9.93. The van der Waals surface area contributed by atoms with Crippen molar-refractivity contribution in [2.24, 2.45) is 0 Å². The summed E-state index contributed by atoms with van der Waals surface area (Å²) in [6.45, 7) is 2.71. The molecular weight excluding hydrogens is 410 g/mol. The van der Waals surface area contributed by atoms with Gasteiger partial charge in [-0.2, -0.15) is 0 Å². The molecule has 31 heavy (non-hydrogen) atoms. The van der Waals surface area contributed by atoms with Crippen LogP contribution in [0, 0.1) is 6.92 Å². The SMILES string of the molecule is Cc1nccn1Cc1cc(Nc2nc3cccnc3s2)nc(N[C@H]2CC[C@H](O)CC2)c1. The van der Waals surface area contributed by atoms with E-state index in [9.17, 15) is 5.11 Å². The quantitative estimate of drug-likeness (QED) is 0.419. The first kappa shape index (κ1) is 19.9. The van der Waals surface area contributed by atoms with Crippen LogP contribution in [0.4, 0.5) is 16.8 Å². The molecule has 4 aromatic heterocycles. The van der Waals surface area contributed by atoms with E-state index in [0.717, 1.165) is 64.2 Å². The third-order valence-corrected chi connectivity index (χ3v) is 6.51. The Labute approximate surface area is 184 Å². The number of hydrogen-bond acceptors (Lipinski definition) is 8. The van der Waals surface area contributed by atoms with Crippen LogP contribution in [-0.2, 0) is 6.54 Å². The summed E-state index contributed by atoms with van der Waals surface area (Å²) in [5, 5.41) is 17.5. The molecule has 160 valence electrons. The average molecular weight is 436 g/mol. The summed E-state index contributed by atoms with van der Waals surface area (Å²) < 4.78 is 2.11. The maximum absolute atomic E-state index is 9.80. The molecule has 4 heterocycles. The second kappa shape index (κ2) is 8.60. The fourth-order valence-electron chi connectivity index (χ4n) is 3.95. The van der Waals surface area contributed by atoms with Crippen molar-refractivity contribution in [2.45, 2.75) is 51.3 Å². The van der Waals surface area contributed by atoms with E-state index >= 15 is 0 Å². The van der Waals surface area contributed by atoms with Crippen molar-refractivity contribution in [2.75, 3.05) is 10.6 Å². The fourth-order valence-corrected chi connectivity index (χ4v) is 4.76. The summed E-state index contributed by atoms with van der Waals surface area (Å²) in [5.41, 5.74) is 2.00. The first-order valence-electron chi connectivity index (χ1n) is 10.5. The van der Waals surface area contributed by atoms with Crippen LogP contribution in [0.5, 0.6) is 0 Å². The monoisotopic (exact) mass is 435 g/mol. The Bertz CT molecular complexity index is 1150. The Morgan fingerprint density at radius 3 is 2.71 bits per heavy atom. The van der Waals surface area contributed by atoms with E-state index in [-0.39, 0.29) is 6.10 Å². The van der Waals surface area contributed by atoms with Gasteiger partial charge in [0.05, 0.1) is 6.10 Å². The lowest BCUT2D eigenvalue weighted by Crippen LogP contribution is -2.28. The van der Waals surface area contributed by atoms with Crippen molar-refractivity contribution in [3.8, 4) is 0 Å². The van der Waals surface area contributed by atoms with Gasteiger partial charge in [0.2, 0.25) is 0 Å². The summed E-state index contributed by atoms with van der Waals surface area (Å²) in [6.07, 6.45) is 8.95. The molecule has 4 aromatic rings. The minimum absolute atomic E-state index is 0.175. The number of pyridine rings is 2. The van der Waals surface area contributed by atoms with Crippen LogP contribution < -0.4 is 10.6 Å². The number of rotatable bonds is 6. The largest absolute Gasteiger partial charge is 0.393 e. The number of nitrogens with one attached hydrogen (secondary N) is 2. The first-order valence-corrected chi connectivity index (χ1v) is 11.4. The number of imidazole rings is 1. The molecular formula is C22H25N7OS. The van der Waals surface area contributed by atoms with Crippen molar-refractivity contribution in [3.05, 3.63) is 54.2 Å². The zero-order chi connectivity index (χ0) is 21.2. The van der Waals surface area contributed by atoms with Gasteiger partial charge >= 0.3 is 0 Å². The number of aliphatic hydroxyl groups excluding tert-OH is 1. The van der Waals surface area contributed by atoms with Gasteiger partial charge in [-0.05, 0) is 62.4 Å². The highest BCUT2D eigenvalue weighted by molar-refractivity contribution is 7.21. The topological polar surface area (TPSA) is 101 Å². The highest BCUT2D eigenvalue weighted by atomic mass is 32.1. The van der Waals surface area contributed by atoms with Gasteiger partial charge in [-0.15, -0.1) is 0 Å². The van der Waals surface area contributed by atoms with E-state index in [2.05, 4.69) is 42.3 Å². The van der Waals surface area contributed by atoms with Crippen LogP contribution in [0.1, 0.15) is 37.1 Å². The van der Waals surface area contributed by atoms with Crippen LogP contribution in [0.2, 0.25) is 0 Å². The molecule has 1 aliphatic carbocycles. The number of aromatic nitrogens is 5. The lowest BCUT2D eigenvalue weighted by molar-refractivity contribution is 0.126. The van der Waals surface area contributed by atoms with Crippen molar-refractivity contribution < 1.29 is 5.11 Å². The standard InChI is InChI=1S/C22H25N7OS/c1-14-23-9-10-29(14)13-15-11-19(25-16-4-6-17(30)7-5-16)27-20(12-15)28-22-26-18-3-2-8-24-21(18)31-22/h2-3,8-12,16-17,30H,4-7,13H2,1H3,(H2,25,26,27,28)/t16-,17-. The summed E-state index contributed by atoms with van der Waals surface area (Å²) in [6, 6.07) is 8.31. The zero-order valence-electron chi connectivity index (χ0n) is 17.3. The van der Waals surface area contributed by atoms with Crippen molar-refractivity contribution in [3.63, 3.8) is 0 Å². The number of thiazole rings is 1. The summed E-state index contributed by atoms with van der Waals surface area (Å²) in [4.78, 5) is 19.0. The fraction of sp³-hybridized carbons (Fsp3) is 0.364. The Balaban J connectivity index is 1.42. The number of nitrogens with zero attached hydrogens (tertiary/aromatic N) is 5. The van der Waals surface area contributed by atoms with E-state index in [1.807, 2.05) is 31.5 Å². The second-order valence-electron chi connectivity index (χ2n) is 7.97. The van der Waals surface area contributed by atoms with Crippen molar-refractivity contribution in [1.29, 1.82) is 0 Å². The molecule has 5 rings (SSSR count). The normalized spacial score (nSPS) is 18.9. The smallest absolute Gasteiger partial charge is 0.190 e. The minimum atomic E-state index is -0.175. The van der Waals surface area contributed by atoms with Gasteiger partial charge in [-0.3, -0.25) is 0 Å². The van der Waals surface area contributed by atoms with Gasteiger partial charge in [0.15, 0.2) is 5.13 Å². The van der Waals surface area contributed by atoms with Gasteiger partial charge in [0.1, 0.15) is 27.8 Å². The zero-order valence-corrected chi connectivity index (χ0v) is 18.1. The molecule has 0 amide bonds. The van der Waals surface area contributed by atoms with E-state index in [1.165, 1.54) is 11.3 Å². The molecule has 8 nitrogen and oxygen atoms in total. The van der Waals surface area contributed by atoms with E-state index in [0.29, 0.717) is 12.6 Å². The lowest BCUT2D eigenvalue weighted by Gasteiger charge is -2.27. The van der Waals surface area contributed by atoms with E-state index in [4.69, 9.17) is 4.98 Å². The molecule has 0 radical (unpaired) electrons. The molecule has 9 heteroatoms. The minimum Gasteiger partial charge on any atom is -0.393 e. The Kier molecular flexibility index (Phi) is 5.52. The van der Waals surface area contributed by atoms with Gasteiger partial charge in [0, 0.05) is 31.2 Å². The van der Waals surface area contributed by atoms with Crippen molar-refractivity contribution >= 4 is 38.5 Å². The highest BCUT2D eigenvalue weighted by Gasteiger charge is 2.20. The summed E-state index contributed by atoms with van der Waals surface area (Å²) in [7, 11) is 0. The van der Waals surface area contributed by atoms with Crippen LogP contribution in [0.3, 0.4) is 0 Å². The van der Waals surface area contributed by atoms with Gasteiger partial charge in [0.25, 0.3) is 0 Å². The molecule has 0 aliphatic heterocycles. The number of aliphatic hydroxyl groups is 1. The van der Waals surface area contributed by atoms with Crippen LogP contribution in [0.25, 0.3) is 10.3 Å². The summed E-state index contributed by atoms with van der Waals surface area (Å²) in [5.74, 6) is 2.55.